The molecule has 11 heteroatoms. The summed E-state index contributed by atoms with van der Waals surface area (Å²) in [4.78, 5) is 16.2. The number of nitrogens with zero attached hydrogens (tertiary/aromatic N) is 2. The quantitative estimate of drug-likeness (QED) is 0.431. The van der Waals surface area contributed by atoms with Crippen LogP contribution in [0, 0.1) is 5.82 Å². The van der Waals surface area contributed by atoms with Crippen molar-refractivity contribution in [1.29, 1.82) is 0 Å². The number of amides is 1. The second-order valence-electron chi connectivity index (χ2n) is 7.26. The highest BCUT2D eigenvalue weighted by molar-refractivity contribution is 9.10. The molecule has 1 saturated heterocycles. The normalized spacial score (nSPS) is 15.2. The Bertz CT molecular complexity index is 989. The first-order valence-electron chi connectivity index (χ1n) is 9.83. The average Bonchev–Trinajstić information content (AvgIpc) is 2.95. The summed E-state index contributed by atoms with van der Waals surface area (Å²) in [6.45, 7) is 2.29. The summed E-state index contributed by atoms with van der Waals surface area (Å²) in [5, 5.41) is 5.93. The number of para-hydroxylation sites is 1. The molecule has 2 aromatic carbocycles. The molecule has 5 nitrogen and oxygen atoms in total. The SMILES string of the molecule is O=C(CN1CCCN(C(=S)Nc2ccc(F)cc2Br)CC1)Nc1ccccc1C(F)(F)F. The van der Waals surface area contributed by atoms with Gasteiger partial charge in [0, 0.05) is 30.7 Å². The molecule has 2 aromatic rings. The molecule has 3 rings (SSSR count). The summed E-state index contributed by atoms with van der Waals surface area (Å²) in [6, 6.07) is 9.15. The first-order valence-corrected chi connectivity index (χ1v) is 11.0. The maximum absolute atomic E-state index is 13.3. The van der Waals surface area contributed by atoms with Crippen LogP contribution in [0.3, 0.4) is 0 Å². The van der Waals surface area contributed by atoms with E-state index in [0.29, 0.717) is 41.5 Å². The van der Waals surface area contributed by atoms with Gasteiger partial charge in [-0.2, -0.15) is 13.2 Å². The summed E-state index contributed by atoms with van der Waals surface area (Å²) < 4.78 is 53.2. The zero-order valence-electron chi connectivity index (χ0n) is 16.9. The molecule has 0 atom stereocenters. The fourth-order valence-electron chi connectivity index (χ4n) is 3.35. The van der Waals surface area contributed by atoms with Gasteiger partial charge in [0.05, 0.1) is 23.5 Å². The van der Waals surface area contributed by atoms with Crippen molar-refractivity contribution in [2.24, 2.45) is 0 Å². The molecule has 0 saturated carbocycles. The molecular formula is C21H21BrF4N4OS. The zero-order chi connectivity index (χ0) is 23.3. The minimum Gasteiger partial charge on any atom is -0.348 e. The summed E-state index contributed by atoms with van der Waals surface area (Å²) in [5.74, 6) is -0.874. The molecule has 0 radical (unpaired) electrons. The van der Waals surface area contributed by atoms with Crippen molar-refractivity contribution in [1.82, 2.24) is 9.80 Å². The van der Waals surface area contributed by atoms with Crippen LogP contribution < -0.4 is 10.6 Å². The lowest BCUT2D eigenvalue weighted by Gasteiger charge is -2.25. The van der Waals surface area contributed by atoms with E-state index in [1.54, 1.807) is 6.07 Å². The lowest BCUT2D eigenvalue weighted by atomic mass is 10.1. The molecule has 172 valence electrons. The third kappa shape index (κ3) is 6.63. The number of carbonyl (C=O) groups excluding carboxylic acids is 1. The molecule has 1 fully saturated rings. The van der Waals surface area contributed by atoms with Crippen molar-refractivity contribution in [2.45, 2.75) is 12.6 Å². The Labute approximate surface area is 196 Å². The number of thiocarbonyl (C=S) groups is 1. The largest absolute Gasteiger partial charge is 0.418 e. The predicted octanol–water partition coefficient (Wildman–Crippen LogP) is 4.95. The Morgan fingerprint density at radius 3 is 2.50 bits per heavy atom. The third-order valence-corrected chi connectivity index (χ3v) is 5.94. The van der Waals surface area contributed by atoms with Crippen molar-refractivity contribution < 1.29 is 22.4 Å². The van der Waals surface area contributed by atoms with E-state index in [1.807, 2.05) is 9.80 Å². The molecule has 0 aromatic heterocycles. The van der Waals surface area contributed by atoms with E-state index in [9.17, 15) is 22.4 Å². The predicted molar refractivity (Wildman–Crippen MR) is 123 cm³/mol. The van der Waals surface area contributed by atoms with Gasteiger partial charge in [-0.05, 0) is 64.9 Å². The van der Waals surface area contributed by atoms with Crippen LogP contribution in [0.5, 0.6) is 0 Å². The van der Waals surface area contributed by atoms with Gasteiger partial charge in [-0.1, -0.05) is 12.1 Å². The van der Waals surface area contributed by atoms with Crippen LogP contribution in [0.1, 0.15) is 12.0 Å². The minimum atomic E-state index is -4.55. The van der Waals surface area contributed by atoms with Crippen molar-refractivity contribution in [3.63, 3.8) is 0 Å². The molecule has 32 heavy (non-hydrogen) atoms. The second kappa shape index (κ2) is 10.6. The lowest BCUT2D eigenvalue weighted by molar-refractivity contribution is -0.137. The second-order valence-corrected chi connectivity index (χ2v) is 8.50. The maximum Gasteiger partial charge on any atom is 0.418 e. The highest BCUT2D eigenvalue weighted by Crippen LogP contribution is 2.34. The van der Waals surface area contributed by atoms with Crippen molar-refractivity contribution >= 4 is 50.5 Å². The number of anilines is 2. The van der Waals surface area contributed by atoms with Crippen molar-refractivity contribution in [3.05, 3.63) is 58.3 Å². The fraction of sp³-hybridized carbons (Fsp3) is 0.333. The maximum atomic E-state index is 13.3. The zero-order valence-corrected chi connectivity index (χ0v) is 19.3. The van der Waals surface area contributed by atoms with Gasteiger partial charge in [-0.3, -0.25) is 9.69 Å². The number of benzene rings is 2. The molecule has 0 bridgehead atoms. The standard InChI is InChI=1S/C21H21BrF4N4OS/c22-16-12-14(23)6-7-18(16)28-20(32)30-9-3-8-29(10-11-30)13-19(31)27-17-5-2-1-4-15(17)21(24,25)26/h1-2,4-7,12H,3,8-11,13H2,(H,27,31)(H,28,32). The van der Waals surface area contributed by atoms with Crippen molar-refractivity contribution in [3.8, 4) is 0 Å². The van der Waals surface area contributed by atoms with Crippen LogP contribution >= 0.6 is 28.1 Å². The van der Waals surface area contributed by atoms with Gasteiger partial charge in [0.25, 0.3) is 0 Å². The van der Waals surface area contributed by atoms with Crippen molar-refractivity contribution in [2.75, 3.05) is 43.4 Å². The Morgan fingerprint density at radius 2 is 1.78 bits per heavy atom. The van der Waals surface area contributed by atoms with E-state index < -0.39 is 17.6 Å². The van der Waals surface area contributed by atoms with E-state index in [2.05, 4.69) is 26.6 Å². The van der Waals surface area contributed by atoms with E-state index >= 15 is 0 Å². The van der Waals surface area contributed by atoms with Gasteiger partial charge in [-0.25, -0.2) is 4.39 Å². The van der Waals surface area contributed by atoms with E-state index in [4.69, 9.17) is 12.2 Å². The van der Waals surface area contributed by atoms with Gasteiger partial charge < -0.3 is 15.5 Å². The van der Waals surface area contributed by atoms with Gasteiger partial charge in [0.1, 0.15) is 5.82 Å². The summed E-state index contributed by atoms with van der Waals surface area (Å²) in [6.07, 6.45) is -3.83. The molecular weight excluding hydrogens is 512 g/mol. The average molecular weight is 533 g/mol. The summed E-state index contributed by atoms with van der Waals surface area (Å²) in [7, 11) is 0. The van der Waals surface area contributed by atoms with E-state index in [-0.39, 0.29) is 18.0 Å². The smallest absolute Gasteiger partial charge is 0.348 e. The fourth-order valence-corrected chi connectivity index (χ4v) is 4.09. The lowest BCUT2D eigenvalue weighted by Crippen LogP contribution is -2.39. The van der Waals surface area contributed by atoms with E-state index in [0.717, 1.165) is 12.5 Å². The van der Waals surface area contributed by atoms with E-state index in [1.165, 1.54) is 30.3 Å². The number of halogens is 5. The molecule has 1 aliphatic heterocycles. The number of rotatable bonds is 4. The number of alkyl halides is 3. The summed E-state index contributed by atoms with van der Waals surface area (Å²) in [5.41, 5.74) is -0.490. The van der Waals surface area contributed by atoms with Gasteiger partial charge in [0.15, 0.2) is 5.11 Å². The summed E-state index contributed by atoms with van der Waals surface area (Å²) >= 11 is 8.76. The number of carbonyl (C=O) groups is 1. The van der Waals surface area contributed by atoms with Gasteiger partial charge in [0.2, 0.25) is 5.91 Å². The van der Waals surface area contributed by atoms with Gasteiger partial charge in [-0.15, -0.1) is 0 Å². The molecule has 1 aliphatic rings. The number of hydrogen-bond acceptors (Lipinski definition) is 3. The Morgan fingerprint density at radius 1 is 1.03 bits per heavy atom. The molecule has 1 amide bonds. The first kappa shape index (κ1) is 24.4. The molecule has 0 aliphatic carbocycles. The van der Waals surface area contributed by atoms with Gasteiger partial charge >= 0.3 is 6.18 Å². The Hall–Kier alpha value is -2.24. The molecule has 0 unspecified atom stereocenters. The first-order chi connectivity index (χ1) is 15.1. The monoisotopic (exact) mass is 532 g/mol. The Kier molecular flexibility index (Phi) is 8.07. The van der Waals surface area contributed by atoms with Crippen LogP contribution in [0.2, 0.25) is 0 Å². The van der Waals surface area contributed by atoms with Crippen LogP contribution in [0.4, 0.5) is 28.9 Å². The molecule has 0 spiro atoms. The van der Waals surface area contributed by atoms with Crippen LogP contribution in [-0.2, 0) is 11.0 Å². The van der Waals surface area contributed by atoms with Crippen LogP contribution in [0.15, 0.2) is 46.9 Å². The highest BCUT2D eigenvalue weighted by atomic mass is 79.9. The number of hydrogen-bond donors (Lipinski definition) is 2. The minimum absolute atomic E-state index is 0.0241. The molecule has 1 heterocycles. The molecule has 2 N–H and O–H groups in total. The third-order valence-electron chi connectivity index (χ3n) is 4.92. The Balaban J connectivity index is 1.54. The highest BCUT2D eigenvalue weighted by Gasteiger charge is 2.33. The van der Waals surface area contributed by atoms with Crippen LogP contribution in [-0.4, -0.2) is 53.5 Å². The van der Waals surface area contributed by atoms with Crippen LogP contribution in [0.25, 0.3) is 0 Å². The topological polar surface area (TPSA) is 47.6 Å². The number of nitrogens with one attached hydrogen (secondary N) is 2.